The highest BCUT2D eigenvalue weighted by atomic mass is 19.1. The molecule has 5 rings (SSSR count). The summed E-state index contributed by atoms with van der Waals surface area (Å²) in [4.78, 5) is 36.4. The first-order valence-electron chi connectivity index (χ1n) is 10.7. The number of aromatic nitrogens is 3. The van der Waals surface area contributed by atoms with Crippen LogP contribution in [0.1, 0.15) is 34.1 Å². The van der Waals surface area contributed by atoms with E-state index in [4.69, 9.17) is 0 Å². The van der Waals surface area contributed by atoms with Crippen LogP contribution in [0.4, 0.5) is 4.39 Å². The summed E-state index contributed by atoms with van der Waals surface area (Å²) >= 11 is 0. The maximum Gasteiger partial charge on any atom is 0.295 e. The third kappa shape index (κ3) is 3.44. The third-order valence-corrected chi connectivity index (χ3v) is 6.11. The Hall–Kier alpha value is -4.33. The molecule has 0 radical (unpaired) electrons. The van der Waals surface area contributed by atoms with E-state index >= 15 is 0 Å². The van der Waals surface area contributed by atoms with Crippen molar-refractivity contribution in [2.24, 2.45) is 0 Å². The number of Topliss-reactive ketones (excluding diaryl/α,β-unsaturated/α-hetero) is 1. The predicted octanol–water partition coefficient (Wildman–Crippen LogP) is 4.11. The number of hydrogen-bond acceptors (Lipinski definition) is 5. The monoisotopic (exact) mass is 456 g/mol. The lowest BCUT2D eigenvalue weighted by molar-refractivity contribution is -0.140. The van der Waals surface area contributed by atoms with E-state index in [0.717, 1.165) is 11.1 Å². The van der Waals surface area contributed by atoms with Gasteiger partial charge < -0.3 is 14.4 Å². The van der Waals surface area contributed by atoms with Gasteiger partial charge in [-0.1, -0.05) is 24.3 Å². The summed E-state index contributed by atoms with van der Waals surface area (Å²) in [5, 5.41) is 11.4. The molecule has 1 atom stereocenters. The first kappa shape index (κ1) is 21.5. The number of carbonyl (C=O) groups is 2. The van der Waals surface area contributed by atoms with Crippen molar-refractivity contribution in [1.82, 2.24) is 19.3 Å². The molecule has 170 valence electrons. The van der Waals surface area contributed by atoms with Gasteiger partial charge >= 0.3 is 0 Å². The van der Waals surface area contributed by atoms with E-state index in [1.54, 1.807) is 31.5 Å². The van der Waals surface area contributed by atoms with E-state index < -0.39 is 23.5 Å². The molecule has 1 saturated heterocycles. The molecule has 34 heavy (non-hydrogen) atoms. The number of aryl methyl sites for hydroxylation is 2. The zero-order chi connectivity index (χ0) is 24.0. The number of carbonyl (C=O) groups excluding carboxylic acids is 2. The first-order chi connectivity index (χ1) is 16.4. The molecule has 4 heterocycles. The lowest BCUT2D eigenvalue weighted by atomic mass is 9.96. The average Bonchev–Trinajstić information content (AvgIpc) is 3.30. The van der Waals surface area contributed by atoms with Crippen LogP contribution in [-0.4, -0.2) is 36.1 Å². The number of pyridine rings is 2. The Morgan fingerprint density at radius 2 is 1.85 bits per heavy atom. The molecular formula is C26H21FN4O3. The molecule has 1 amide bonds. The quantitative estimate of drug-likeness (QED) is 0.284. The van der Waals surface area contributed by atoms with Gasteiger partial charge in [-0.25, -0.2) is 9.37 Å². The van der Waals surface area contributed by atoms with Crippen LogP contribution in [0.3, 0.4) is 0 Å². The van der Waals surface area contributed by atoms with E-state index in [1.165, 1.54) is 29.2 Å². The van der Waals surface area contributed by atoms with Crippen molar-refractivity contribution in [3.8, 4) is 0 Å². The molecule has 1 N–H and O–H groups in total. The van der Waals surface area contributed by atoms with Gasteiger partial charge in [0, 0.05) is 25.1 Å². The Kier molecular flexibility index (Phi) is 5.20. The molecule has 0 bridgehead atoms. The van der Waals surface area contributed by atoms with Crippen LogP contribution in [-0.2, 0) is 16.1 Å². The Labute approximate surface area is 194 Å². The molecule has 0 spiro atoms. The number of amides is 1. The molecule has 8 heteroatoms. The Balaban J connectivity index is 1.71. The van der Waals surface area contributed by atoms with E-state index in [1.807, 2.05) is 29.7 Å². The highest BCUT2D eigenvalue weighted by molar-refractivity contribution is 6.46. The predicted molar refractivity (Wildman–Crippen MR) is 123 cm³/mol. The largest absolute Gasteiger partial charge is 0.505 e. The molecule has 0 saturated carbocycles. The van der Waals surface area contributed by atoms with Gasteiger partial charge in [-0.3, -0.25) is 14.6 Å². The van der Waals surface area contributed by atoms with Gasteiger partial charge in [0.15, 0.2) is 5.76 Å². The second-order valence-electron chi connectivity index (χ2n) is 8.27. The highest BCUT2D eigenvalue weighted by Gasteiger charge is 2.46. The summed E-state index contributed by atoms with van der Waals surface area (Å²) in [6.07, 6.45) is 5.04. The molecule has 1 aliphatic heterocycles. The number of ketones is 1. The van der Waals surface area contributed by atoms with E-state index in [0.29, 0.717) is 16.9 Å². The average molecular weight is 456 g/mol. The van der Waals surface area contributed by atoms with Crippen molar-refractivity contribution in [3.63, 3.8) is 0 Å². The van der Waals surface area contributed by atoms with Gasteiger partial charge in [-0.2, -0.15) is 0 Å². The van der Waals surface area contributed by atoms with Gasteiger partial charge in [0.1, 0.15) is 17.2 Å². The number of aliphatic hydroxyl groups excluding tert-OH is 1. The number of aliphatic hydroxyl groups is 1. The number of benzene rings is 1. The number of likely N-dealkylation sites (tertiary alicyclic amines) is 1. The van der Waals surface area contributed by atoms with E-state index in [-0.39, 0.29) is 23.6 Å². The summed E-state index contributed by atoms with van der Waals surface area (Å²) < 4.78 is 15.5. The standard InChI is InChI=1S/C26H21FN4O3/c1-15-5-4-12-30-16(2)21(29-25(15)30)23(32)20-22(18-7-9-19(27)10-8-18)31(26(34)24(20)33)14-17-6-3-11-28-13-17/h3-13,22,32H,14H2,1-2H3/b23-20+. The first-order valence-corrected chi connectivity index (χ1v) is 10.7. The van der Waals surface area contributed by atoms with Crippen LogP contribution in [0.2, 0.25) is 0 Å². The van der Waals surface area contributed by atoms with Crippen LogP contribution in [0.15, 0.2) is 72.7 Å². The fraction of sp³-hybridized carbons (Fsp3) is 0.154. The highest BCUT2D eigenvalue weighted by Crippen LogP contribution is 2.40. The van der Waals surface area contributed by atoms with Gasteiger partial charge in [-0.05, 0) is 54.8 Å². The zero-order valence-electron chi connectivity index (χ0n) is 18.6. The van der Waals surface area contributed by atoms with Crippen molar-refractivity contribution in [2.45, 2.75) is 26.4 Å². The number of rotatable bonds is 4. The molecule has 7 nitrogen and oxygen atoms in total. The van der Waals surface area contributed by atoms with Crippen LogP contribution in [0.5, 0.6) is 0 Å². The SMILES string of the molecule is Cc1cccn2c(C)c(/C(O)=C3\C(=O)C(=O)N(Cc4cccnc4)C3c3ccc(F)cc3)nc12. The summed E-state index contributed by atoms with van der Waals surface area (Å²) in [7, 11) is 0. The maximum absolute atomic E-state index is 13.7. The number of nitrogens with zero attached hydrogens (tertiary/aromatic N) is 4. The molecule has 1 aromatic carbocycles. The topological polar surface area (TPSA) is 87.8 Å². The number of fused-ring (bicyclic) bond motifs is 1. The van der Waals surface area contributed by atoms with E-state index in [9.17, 15) is 19.1 Å². The molecule has 0 aliphatic carbocycles. The van der Waals surface area contributed by atoms with Crippen molar-refractivity contribution in [3.05, 3.63) is 107 Å². The lowest BCUT2D eigenvalue weighted by Gasteiger charge is -2.25. The second-order valence-corrected chi connectivity index (χ2v) is 8.27. The van der Waals surface area contributed by atoms with Crippen molar-refractivity contribution in [2.75, 3.05) is 0 Å². The molecular weight excluding hydrogens is 435 g/mol. The lowest BCUT2D eigenvalue weighted by Crippen LogP contribution is -2.29. The number of hydrogen-bond donors (Lipinski definition) is 1. The smallest absolute Gasteiger partial charge is 0.295 e. The molecule has 1 unspecified atom stereocenters. The normalized spacial score (nSPS) is 17.6. The summed E-state index contributed by atoms with van der Waals surface area (Å²) in [5.41, 5.74) is 3.54. The van der Waals surface area contributed by atoms with Crippen LogP contribution in [0, 0.1) is 19.7 Å². The zero-order valence-corrected chi connectivity index (χ0v) is 18.6. The third-order valence-electron chi connectivity index (χ3n) is 6.11. The van der Waals surface area contributed by atoms with Crippen molar-refractivity contribution in [1.29, 1.82) is 0 Å². The fourth-order valence-electron chi connectivity index (χ4n) is 4.40. The van der Waals surface area contributed by atoms with E-state index in [2.05, 4.69) is 9.97 Å². The van der Waals surface area contributed by atoms with Gasteiger partial charge in [0.25, 0.3) is 11.7 Å². The van der Waals surface area contributed by atoms with Crippen LogP contribution >= 0.6 is 0 Å². The van der Waals surface area contributed by atoms with Crippen molar-refractivity contribution >= 4 is 23.1 Å². The molecule has 1 fully saturated rings. The van der Waals surface area contributed by atoms with Gasteiger partial charge in [0.2, 0.25) is 0 Å². The van der Waals surface area contributed by atoms with Crippen LogP contribution in [0.25, 0.3) is 11.4 Å². The molecule has 1 aliphatic rings. The molecule has 4 aromatic rings. The number of halogens is 1. The summed E-state index contributed by atoms with van der Waals surface area (Å²) in [6, 6.07) is 11.9. The van der Waals surface area contributed by atoms with Gasteiger partial charge in [0.05, 0.1) is 17.3 Å². The minimum absolute atomic E-state index is 0.0790. The minimum atomic E-state index is -0.911. The van der Waals surface area contributed by atoms with Crippen molar-refractivity contribution < 1.29 is 19.1 Å². The Bertz CT molecular complexity index is 1460. The number of imidazole rings is 1. The molecule has 3 aromatic heterocycles. The fourth-order valence-corrected chi connectivity index (χ4v) is 4.40. The van der Waals surface area contributed by atoms with Gasteiger partial charge in [-0.15, -0.1) is 0 Å². The van der Waals surface area contributed by atoms with Crippen LogP contribution < -0.4 is 0 Å². The minimum Gasteiger partial charge on any atom is -0.505 e. The summed E-state index contributed by atoms with van der Waals surface area (Å²) in [5.74, 6) is -2.37. The summed E-state index contributed by atoms with van der Waals surface area (Å²) in [6.45, 7) is 3.78. The Morgan fingerprint density at radius 1 is 1.09 bits per heavy atom. The Morgan fingerprint density at radius 3 is 2.53 bits per heavy atom. The maximum atomic E-state index is 13.7. The second kappa shape index (κ2) is 8.22.